The molecule has 0 aliphatic carbocycles. The molecule has 0 atom stereocenters. The predicted molar refractivity (Wildman–Crippen MR) is 47.3 cm³/mol. The highest BCUT2D eigenvalue weighted by Gasteiger charge is 1.95. The van der Waals surface area contributed by atoms with Gasteiger partial charge in [-0.1, -0.05) is 30.3 Å². The van der Waals surface area contributed by atoms with Crippen LogP contribution in [0.2, 0.25) is 0 Å². The molecule has 1 rings (SSSR count). The first-order valence-corrected chi connectivity index (χ1v) is 3.79. The second kappa shape index (κ2) is 6.84. The summed E-state index contributed by atoms with van der Waals surface area (Å²) in [6.45, 7) is 5.50. The average Bonchev–Trinajstić information content (AvgIpc) is 1.91. The zero-order valence-corrected chi connectivity index (χ0v) is 7.14. The maximum atomic E-state index is 4.76. The number of likely N-dealkylation sites (N-methyl/N-ethyl adjacent to an activating group) is 1. The first-order valence-electron chi connectivity index (χ1n) is 3.36. The molecule has 0 N–H and O–H groups in total. The van der Waals surface area contributed by atoms with Gasteiger partial charge in [-0.15, -0.1) is 0 Å². The van der Waals surface area contributed by atoms with Crippen LogP contribution in [0.25, 0.3) is 0 Å². The van der Waals surface area contributed by atoms with Crippen LogP contribution in [-0.4, -0.2) is 25.0 Å². The van der Waals surface area contributed by atoms with Crippen molar-refractivity contribution in [1.29, 1.82) is 0 Å². The fourth-order valence-electron chi connectivity index (χ4n) is 0.759. The van der Waals surface area contributed by atoms with E-state index in [0.717, 1.165) is 6.54 Å². The molecule has 0 unspecified atom stereocenters. The van der Waals surface area contributed by atoms with Gasteiger partial charge >= 0.3 is 0 Å². The lowest BCUT2D eigenvalue weighted by Gasteiger charge is -2.15. The first-order chi connectivity index (χ1) is 4.81. The van der Waals surface area contributed by atoms with Crippen LogP contribution in [0, 0.1) is 0 Å². The number of hydrogen-bond acceptors (Lipinski definition) is 1. The standard InChI is InChI=1S/C6H11N.C2H3Cl/c1-7-5-3-2-4-6-7;1-2-3/h2-3H,4-6H2,1H3;2H,1H2. The summed E-state index contributed by atoms with van der Waals surface area (Å²) in [6, 6.07) is 0. The van der Waals surface area contributed by atoms with Gasteiger partial charge in [0.2, 0.25) is 0 Å². The van der Waals surface area contributed by atoms with Gasteiger partial charge in [0, 0.05) is 13.1 Å². The Labute approximate surface area is 68.0 Å². The minimum absolute atomic E-state index is 1.14. The minimum Gasteiger partial charge on any atom is -0.302 e. The van der Waals surface area contributed by atoms with Gasteiger partial charge in [0.15, 0.2) is 0 Å². The Morgan fingerprint density at radius 3 is 2.40 bits per heavy atom. The van der Waals surface area contributed by atoms with Crippen molar-refractivity contribution in [3.8, 4) is 0 Å². The number of hydrogen-bond donors (Lipinski definition) is 0. The summed E-state index contributed by atoms with van der Waals surface area (Å²) < 4.78 is 0. The number of nitrogens with zero attached hydrogens (tertiary/aromatic N) is 1. The fourth-order valence-corrected chi connectivity index (χ4v) is 0.759. The zero-order valence-electron chi connectivity index (χ0n) is 6.39. The molecule has 1 nitrogen and oxygen atoms in total. The molecule has 1 aliphatic heterocycles. The molecule has 1 heterocycles. The lowest BCUT2D eigenvalue weighted by atomic mass is 10.3. The van der Waals surface area contributed by atoms with Crippen LogP contribution in [0.15, 0.2) is 24.3 Å². The maximum Gasteiger partial charge on any atom is 0.0160 e. The van der Waals surface area contributed by atoms with Crippen molar-refractivity contribution >= 4 is 11.6 Å². The van der Waals surface area contributed by atoms with E-state index in [0.29, 0.717) is 0 Å². The quantitative estimate of drug-likeness (QED) is 0.490. The van der Waals surface area contributed by atoms with Crippen LogP contribution >= 0.6 is 11.6 Å². The summed E-state index contributed by atoms with van der Waals surface area (Å²) in [5, 5.41) is 0. The minimum atomic E-state index is 1.14. The van der Waals surface area contributed by atoms with E-state index in [1.807, 2.05) is 0 Å². The molecule has 1 aliphatic rings. The van der Waals surface area contributed by atoms with E-state index < -0.39 is 0 Å². The second-order valence-electron chi connectivity index (χ2n) is 2.18. The van der Waals surface area contributed by atoms with Crippen LogP contribution < -0.4 is 0 Å². The zero-order chi connectivity index (χ0) is 7.82. The third-order valence-corrected chi connectivity index (χ3v) is 1.26. The monoisotopic (exact) mass is 159 g/mol. The Morgan fingerprint density at radius 1 is 1.60 bits per heavy atom. The number of halogens is 1. The Kier molecular flexibility index (Phi) is 6.66. The Balaban J connectivity index is 0.000000236. The normalized spacial score (nSPS) is 17.4. The molecule has 0 aromatic carbocycles. The van der Waals surface area contributed by atoms with Gasteiger partial charge in [0.25, 0.3) is 0 Å². The molecule has 0 fully saturated rings. The van der Waals surface area contributed by atoms with Gasteiger partial charge in [-0.05, 0) is 19.0 Å². The third-order valence-electron chi connectivity index (χ3n) is 1.26. The van der Waals surface area contributed by atoms with Gasteiger partial charge in [0.1, 0.15) is 0 Å². The molecular weight excluding hydrogens is 146 g/mol. The summed E-state index contributed by atoms with van der Waals surface area (Å²) in [5.41, 5.74) is 1.22. The third kappa shape index (κ3) is 5.86. The molecule has 0 saturated carbocycles. The van der Waals surface area contributed by atoms with Gasteiger partial charge in [-0.3, -0.25) is 0 Å². The van der Waals surface area contributed by atoms with Crippen molar-refractivity contribution in [3.05, 3.63) is 24.3 Å². The van der Waals surface area contributed by atoms with E-state index in [-0.39, 0.29) is 0 Å². The summed E-state index contributed by atoms with van der Waals surface area (Å²) in [4.78, 5) is 2.31. The molecule has 0 aromatic rings. The van der Waals surface area contributed by atoms with E-state index >= 15 is 0 Å². The lowest BCUT2D eigenvalue weighted by molar-refractivity contribution is 0.366. The Bertz CT molecular complexity index is 110. The summed E-state index contributed by atoms with van der Waals surface area (Å²) in [5.74, 6) is 0. The fraction of sp³-hybridized carbons (Fsp3) is 0.500. The van der Waals surface area contributed by atoms with Crippen molar-refractivity contribution in [1.82, 2.24) is 4.90 Å². The van der Waals surface area contributed by atoms with Crippen LogP contribution in [0.3, 0.4) is 0 Å². The molecule has 2 heteroatoms. The Hall–Kier alpha value is -0.270. The molecule has 0 amide bonds. The molecule has 0 aromatic heterocycles. The maximum absolute atomic E-state index is 4.76. The molecule has 0 spiro atoms. The summed E-state index contributed by atoms with van der Waals surface area (Å²) in [6.07, 6.45) is 5.68. The largest absolute Gasteiger partial charge is 0.302 e. The molecular formula is C8H14ClN. The van der Waals surface area contributed by atoms with E-state index in [4.69, 9.17) is 11.6 Å². The van der Waals surface area contributed by atoms with Gasteiger partial charge < -0.3 is 4.90 Å². The highest BCUT2D eigenvalue weighted by Crippen LogP contribution is 1.95. The summed E-state index contributed by atoms with van der Waals surface area (Å²) >= 11 is 4.76. The lowest BCUT2D eigenvalue weighted by Crippen LogP contribution is -2.21. The SMILES string of the molecule is C=CCl.CN1CC=CCC1. The molecule has 58 valence electrons. The molecule has 0 radical (unpaired) electrons. The van der Waals surface area contributed by atoms with Crippen LogP contribution in [-0.2, 0) is 0 Å². The molecule has 0 saturated heterocycles. The molecule has 0 bridgehead atoms. The van der Waals surface area contributed by atoms with E-state index in [1.54, 1.807) is 0 Å². The highest BCUT2D eigenvalue weighted by molar-refractivity contribution is 6.25. The highest BCUT2D eigenvalue weighted by atomic mass is 35.5. The average molecular weight is 160 g/mol. The van der Waals surface area contributed by atoms with Gasteiger partial charge in [-0.2, -0.15) is 0 Å². The van der Waals surface area contributed by atoms with Crippen molar-refractivity contribution in [2.24, 2.45) is 0 Å². The van der Waals surface area contributed by atoms with E-state index in [1.165, 1.54) is 18.5 Å². The van der Waals surface area contributed by atoms with Crippen molar-refractivity contribution in [2.75, 3.05) is 20.1 Å². The number of rotatable bonds is 0. The van der Waals surface area contributed by atoms with Crippen molar-refractivity contribution < 1.29 is 0 Å². The van der Waals surface area contributed by atoms with Crippen molar-refractivity contribution in [3.63, 3.8) is 0 Å². The molecule has 10 heavy (non-hydrogen) atoms. The van der Waals surface area contributed by atoms with Crippen LogP contribution in [0.1, 0.15) is 6.42 Å². The summed E-state index contributed by atoms with van der Waals surface area (Å²) in [7, 11) is 2.14. The first kappa shape index (κ1) is 9.73. The topological polar surface area (TPSA) is 3.24 Å². The van der Waals surface area contributed by atoms with E-state index in [2.05, 4.69) is 30.7 Å². The second-order valence-corrected chi connectivity index (χ2v) is 2.49. The van der Waals surface area contributed by atoms with Crippen molar-refractivity contribution in [2.45, 2.75) is 6.42 Å². The van der Waals surface area contributed by atoms with Gasteiger partial charge in [0.05, 0.1) is 0 Å². The van der Waals surface area contributed by atoms with E-state index in [9.17, 15) is 0 Å². The predicted octanol–water partition coefficient (Wildman–Crippen LogP) is 2.25. The van der Waals surface area contributed by atoms with Crippen LogP contribution in [0.4, 0.5) is 0 Å². The van der Waals surface area contributed by atoms with Crippen LogP contribution in [0.5, 0.6) is 0 Å². The van der Waals surface area contributed by atoms with Gasteiger partial charge in [-0.25, -0.2) is 0 Å². The Morgan fingerprint density at radius 2 is 2.20 bits per heavy atom. The smallest absolute Gasteiger partial charge is 0.0160 e.